The van der Waals surface area contributed by atoms with Crippen molar-refractivity contribution >= 4 is 22.7 Å². The van der Waals surface area contributed by atoms with E-state index in [2.05, 4.69) is 20.7 Å². The van der Waals surface area contributed by atoms with E-state index >= 15 is 0 Å². The fraction of sp³-hybridized carbons (Fsp3) is 0.429. The molecule has 3 rings (SSSR count). The van der Waals surface area contributed by atoms with Gasteiger partial charge in [0.2, 0.25) is 5.95 Å². The van der Waals surface area contributed by atoms with Crippen LogP contribution in [0.3, 0.4) is 0 Å². The molecule has 106 valence electrons. The number of hydrazine groups is 1. The lowest BCUT2D eigenvalue weighted by Gasteiger charge is -2.22. The SMILES string of the molecule is NNc1nc(NCC2CCCOC2)c2ccccc2n1. The summed E-state index contributed by atoms with van der Waals surface area (Å²) in [7, 11) is 0. The highest BCUT2D eigenvalue weighted by molar-refractivity contribution is 5.89. The van der Waals surface area contributed by atoms with E-state index in [1.165, 1.54) is 6.42 Å². The van der Waals surface area contributed by atoms with Crippen molar-refractivity contribution in [2.24, 2.45) is 11.8 Å². The van der Waals surface area contributed by atoms with Crippen LogP contribution in [0.15, 0.2) is 24.3 Å². The average Bonchev–Trinajstić information content (AvgIpc) is 2.53. The van der Waals surface area contributed by atoms with Crippen molar-refractivity contribution < 1.29 is 4.74 Å². The van der Waals surface area contributed by atoms with Crippen LogP contribution in [-0.4, -0.2) is 29.7 Å². The van der Waals surface area contributed by atoms with Crippen LogP contribution in [0.4, 0.5) is 11.8 Å². The summed E-state index contributed by atoms with van der Waals surface area (Å²) in [5, 5.41) is 4.41. The highest BCUT2D eigenvalue weighted by Gasteiger charge is 2.14. The topological polar surface area (TPSA) is 85.1 Å². The van der Waals surface area contributed by atoms with Crippen LogP contribution in [-0.2, 0) is 4.74 Å². The quantitative estimate of drug-likeness (QED) is 0.581. The summed E-state index contributed by atoms with van der Waals surface area (Å²) in [6.45, 7) is 2.55. The molecule has 0 bridgehead atoms. The molecule has 1 atom stereocenters. The van der Waals surface area contributed by atoms with Gasteiger partial charge in [-0.3, -0.25) is 5.43 Å². The van der Waals surface area contributed by atoms with E-state index in [4.69, 9.17) is 10.6 Å². The lowest BCUT2D eigenvalue weighted by atomic mass is 10.0. The van der Waals surface area contributed by atoms with Gasteiger partial charge in [0, 0.05) is 18.5 Å². The highest BCUT2D eigenvalue weighted by Crippen LogP contribution is 2.22. The van der Waals surface area contributed by atoms with Crippen LogP contribution < -0.4 is 16.6 Å². The predicted molar refractivity (Wildman–Crippen MR) is 79.4 cm³/mol. The molecule has 0 spiro atoms. The number of aromatic nitrogens is 2. The van der Waals surface area contributed by atoms with Gasteiger partial charge in [0.25, 0.3) is 0 Å². The van der Waals surface area contributed by atoms with E-state index in [1.54, 1.807) is 0 Å². The number of nitrogens with two attached hydrogens (primary N) is 1. The van der Waals surface area contributed by atoms with Crippen LogP contribution in [0.1, 0.15) is 12.8 Å². The predicted octanol–water partition coefficient (Wildman–Crippen LogP) is 1.75. The first-order valence-electron chi connectivity index (χ1n) is 6.92. The summed E-state index contributed by atoms with van der Waals surface area (Å²) in [6, 6.07) is 7.90. The number of nitrogens with one attached hydrogen (secondary N) is 2. The van der Waals surface area contributed by atoms with E-state index in [9.17, 15) is 0 Å². The molecule has 1 saturated heterocycles. The minimum Gasteiger partial charge on any atom is -0.381 e. The van der Waals surface area contributed by atoms with Gasteiger partial charge in [0.15, 0.2) is 0 Å². The number of benzene rings is 1. The van der Waals surface area contributed by atoms with Crippen molar-refractivity contribution in [2.75, 3.05) is 30.5 Å². The van der Waals surface area contributed by atoms with E-state index < -0.39 is 0 Å². The molecule has 1 aromatic carbocycles. The number of hydrogen-bond acceptors (Lipinski definition) is 6. The zero-order chi connectivity index (χ0) is 13.8. The number of rotatable bonds is 4. The molecule has 6 heteroatoms. The molecule has 2 heterocycles. The molecule has 1 aliphatic heterocycles. The van der Waals surface area contributed by atoms with Crippen molar-refractivity contribution in [3.63, 3.8) is 0 Å². The second kappa shape index (κ2) is 6.02. The smallest absolute Gasteiger partial charge is 0.239 e. The van der Waals surface area contributed by atoms with E-state index in [0.29, 0.717) is 11.9 Å². The fourth-order valence-electron chi connectivity index (χ4n) is 2.49. The van der Waals surface area contributed by atoms with Gasteiger partial charge in [-0.25, -0.2) is 10.8 Å². The third-order valence-corrected chi connectivity index (χ3v) is 3.55. The Labute approximate surface area is 117 Å². The van der Waals surface area contributed by atoms with E-state index in [0.717, 1.165) is 42.9 Å². The van der Waals surface area contributed by atoms with Gasteiger partial charge in [-0.05, 0) is 30.9 Å². The molecule has 0 saturated carbocycles. The third kappa shape index (κ3) is 2.81. The Morgan fingerprint density at radius 2 is 2.20 bits per heavy atom. The Bertz CT molecular complexity index is 583. The Hall–Kier alpha value is -1.92. The lowest BCUT2D eigenvalue weighted by Crippen LogP contribution is -2.25. The van der Waals surface area contributed by atoms with Crippen molar-refractivity contribution in [1.82, 2.24) is 9.97 Å². The van der Waals surface area contributed by atoms with Crippen molar-refractivity contribution in [3.8, 4) is 0 Å². The number of para-hydroxylation sites is 1. The number of anilines is 2. The van der Waals surface area contributed by atoms with Gasteiger partial charge >= 0.3 is 0 Å². The normalized spacial score (nSPS) is 18.9. The number of nitrogens with zero attached hydrogens (tertiary/aromatic N) is 2. The maximum Gasteiger partial charge on any atom is 0.239 e. The molecule has 1 unspecified atom stereocenters. The number of fused-ring (bicyclic) bond motifs is 1. The van der Waals surface area contributed by atoms with Gasteiger partial charge in [0.1, 0.15) is 5.82 Å². The average molecular weight is 273 g/mol. The lowest BCUT2D eigenvalue weighted by molar-refractivity contribution is 0.0595. The second-order valence-electron chi connectivity index (χ2n) is 5.02. The summed E-state index contributed by atoms with van der Waals surface area (Å²) < 4.78 is 5.50. The van der Waals surface area contributed by atoms with Gasteiger partial charge < -0.3 is 10.1 Å². The summed E-state index contributed by atoms with van der Waals surface area (Å²) in [6.07, 6.45) is 2.32. The molecule has 1 aliphatic rings. The van der Waals surface area contributed by atoms with Gasteiger partial charge in [0.05, 0.1) is 12.1 Å². The standard InChI is InChI=1S/C14H19N5O/c15-19-14-17-12-6-2-1-5-11(12)13(18-14)16-8-10-4-3-7-20-9-10/h1-2,5-6,10H,3-4,7-9,15H2,(H2,16,17,18,19). The van der Waals surface area contributed by atoms with Crippen molar-refractivity contribution in [2.45, 2.75) is 12.8 Å². The molecule has 0 radical (unpaired) electrons. The first kappa shape index (κ1) is 13.1. The fourth-order valence-corrected chi connectivity index (χ4v) is 2.49. The molecule has 2 aromatic rings. The van der Waals surface area contributed by atoms with Crippen LogP contribution in [0.25, 0.3) is 10.9 Å². The number of nitrogen functional groups attached to an aromatic ring is 1. The van der Waals surface area contributed by atoms with Crippen LogP contribution in [0, 0.1) is 5.92 Å². The van der Waals surface area contributed by atoms with Gasteiger partial charge in [-0.15, -0.1) is 0 Å². The van der Waals surface area contributed by atoms with Crippen molar-refractivity contribution in [3.05, 3.63) is 24.3 Å². The van der Waals surface area contributed by atoms with Gasteiger partial charge in [-0.2, -0.15) is 4.98 Å². The molecule has 0 aliphatic carbocycles. The largest absolute Gasteiger partial charge is 0.381 e. The Morgan fingerprint density at radius 1 is 1.30 bits per heavy atom. The summed E-state index contributed by atoms with van der Waals surface area (Å²) in [5.74, 6) is 7.20. The molecule has 1 fully saturated rings. The number of hydrogen-bond donors (Lipinski definition) is 3. The second-order valence-corrected chi connectivity index (χ2v) is 5.02. The summed E-state index contributed by atoms with van der Waals surface area (Å²) in [5.41, 5.74) is 3.38. The Morgan fingerprint density at radius 3 is 3.00 bits per heavy atom. The molecule has 1 aromatic heterocycles. The Balaban J connectivity index is 1.81. The van der Waals surface area contributed by atoms with Crippen LogP contribution in [0.2, 0.25) is 0 Å². The minimum atomic E-state index is 0.422. The number of ether oxygens (including phenoxy) is 1. The maximum atomic E-state index is 5.50. The summed E-state index contributed by atoms with van der Waals surface area (Å²) >= 11 is 0. The Kier molecular flexibility index (Phi) is 3.94. The molecular formula is C14H19N5O. The zero-order valence-corrected chi connectivity index (χ0v) is 11.3. The first-order chi connectivity index (χ1) is 9.86. The molecular weight excluding hydrogens is 254 g/mol. The monoisotopic (exact) mass is 273 g/mol. The zero-order valence-electron chi connectivity index (χ0n) is 11.3. The third-order valence-electron chi connectivity index (χ3n) is 3.55. The minimum absolute atomic E-state index is 0.422. The van der Waals surface area contributed by atoms with Crippen molar-refractivity contribution in [1.29, 1.82) is 0 Å². The molecule has 4 N–H and O–H groups in total. The van der Waals surface area contributed by atoms with Crippen LogP contribution in [0.5, 0.6) is 0 Å². The highest BCUT2D eigenvalue weighted by atomic mass is 16.5. The first-order valence-corrected chi connectivity index (χ1v) is 6.92. The summed E-state index contributed by atoms with van der Waals surface area (Å²) in [4.78, 5) is 8.74. The van der Waals surface area contributed by atoms with Gasteiger partial charge in [-0.1, -0.05) is 12.1 Å². The van der Waals surface area contributed by atoms with Crippen LogP contribution >= 0.6 is 0 Å². The molecule has 0 amide bonds. The maximum absolute atomic E-state index is 5.50. The van der Waals surface area contributed by atoms with E-state index in [1.807, 2.05) is 24.3 Å². The van der Waals surface area contributed by atoms with E-state index in [-0.39, 0.29) is 0 Å². The molecule has 20 heavy (non-hydrogen) atoms. The molecule has 6 nitrogen and oxygen atoms in total.